The molecule has 35 heavy (non-hydrogen) atoms. The number of hydrogen-bond acceptors (Lipinski definition) is 4. The van der Waals surface area contributed by atoms with Crippen LogP contribution in [0.2, 0.25) is 5.02 Å². The summed E-state index contributed by atoms with van der Waals surface area (Å²) in [5.41, 5.74) is 2.69. The first-order chi connectivity index (χ1) is 16.7. The van der Waals surface area contributed by atoms with Crippen molar-refractivity contribution in [2.75, 3.05) is 45.7 Å². The standard InChI is InChI=1S/C28H36ClN3O3/c1-30(2)26(34)23-12-11-22(18-24(23)29)32-16-13-28(14-17-32)19-21(28)10-7-15-31(3)27(35)25(33)20-8-5-4-6-9-20/h4-6,8-9,11-12,18,21,25,33H,7,10,13-17,19H2,1-3H3. The molecule has 1 aliphatic heterocycles. The molecule has 2 aromatic rings. The van der Waals surface area contributed by atoms with Gasteiger partial charge in [0.05, 0.1) is 10.6 Å². The summed E-state index contributed by atoms with van der Waals surface area (Å²) in [6.07, 6.45) is 4.57. The fraction of sp³-hybridized carbons (Fsp3) is 0.500. The lowest BCUT2D eigenvalue weighted by atomic mass is 9.89. The molecular formula is C28H36ClN3O3. The predicted octanol–water partition coefficient (Wildman–Crippen LogP) is 4.62. The average Bonchev–Trinajstić information content (AvgIpc) is 3.54. The second-order valence-electron chi connectivity index (χ2n) is 10.3. The van der Waals surface area contributed by atoms with Crippen LogP contribution in [0.5, 0.6) is 0 Å². The van der Waals surface area contributed by atoms with Gasteiger partial charge in [0.25, 0.3) is 11.8 Å². The number of aliphatic hydroxyl groups excluding tert-OH is 1. The van der Waals surface area contributed by atoms with Crippen LogP contribution in [0.4, 0.5) is 5.69 Å². The van der Waals surface area contributed by atoms with E-state index < -0.39 is 6.10 Å². The molecule has 1 saturated heterocycles. The number of rotatable bonds is 8. The van der Waals surface area contributed by atoms with E-state index in [1.165, 1.54) is 11.3 Å². The summed E-state index contributed by atoms with van der Waals surface area (Å²) in [5.74, 6) is 0.393. The van der Waals surface area contributed by atoms with Gasteiger partial charge in [-0.3, -0.25) is 9.59 Å². The van der Waals surface area contributed by atoms with Crippen LogP contribution in [0, 0.1) is 11.3 Å². The molecule has 2 aromatic carbocycles. The molecule has 2 aliphatic rings. The van der Waals surface area contributed by atoms with Crippen LogP contribution >= 0.6 is 11.6 Å². The maximum Gasteiger partial charge on any atom is 0.255 e. The SMILES string of the molecule is CN(C)C(=O)c1ccc(N2CCC3(CC2)CC3CCCN(C)C(=O)C(O)c2ccccc2)cc1Cl. The second-order valence-corrected chi connectivity index (χ2v) is 10.7. The third-order valence-electron chi connectivity index (χ3n) is 7.84. The van der Waals surface area contributed by atoms with Gasteiger partial charge in [-0.1, -0.05) is 41.9 Å². The summed E-state index contributed by atoms with van der Waals surface area (Å²) in [5, 5.41) is 10.9. The predicted molar refractivity (Wildman–Crippen MR) is 140 cm³/mol. The first-order valence-corrected chi connectivity index (χ1v) is 12.8. The topological polar surface area (TPSA) is 64.1 Å². The van der Waals surface area contributed by atoms with Crippen LogP contribution in [0.3, 0.4) is 0 Å². The Morgan fingerprint density at radius 2 is 1.80 bits per heavy atom. The number of aliphatic hydroxyl groups is 1. The van der Waals surface area contributed by atoms with Crippen LogP contribution in [0.1, 0.15) is 54.1 Å². The first-order valence-electron chi connectivity index (χ1n) is 12.5. The van der Waals surface area contributed by atoms with Gasteiger partial charge in [0.2, 0.25) is 0 Å². The van der Waals surface area contributed by atoms with Gasteiger partial charge in [-0.25, -0.2) is 0 Å². The summed E-state index contributed by atoms with van der Waals surface area (Å²) >= 11 is 6.42. The molecule has 0 bridgehead atoms. The molecule has 2 amide bonds. The summed E-state index contributed by atoms with van der Waals surface area (Å²) in [4.78, 5) is 30.4. The molecule has 0 radical (unpaired) electrons. The largest absolute Gasteiger partial charge is 0.378 e. The molecule has 2 fully saturated rings. The minimum Gasteiger partial charge on any atom is -0.378 e. The van der Waals surface area contributed by atoms with Crippen LogP contribution in [0.15, 0.2) is 48.5 Å². The van der Waals surface area contributed by atoms with E-state index in [2.05, 4.69) is 4.90 Å². The monoisotopic (exact) mass is 497 g/mol. The van der Waals surface area contributed by atoms with Crippen LogP contribution in [-0.4, -0.2) is 67.5 Å². The highest BCUT2D eigenvalue weighted by Gasteiger charge is 2.53. The van der Waals surface area contributed by atoms with Gasteiger partial charge in [0.1, 0.15) is 0 Å². The summed E-state index contributed by atoms with van der Waals surface area (Å²) in [6, 6.07) is 14.8. The molecule has 0 aromatic heterocycles. The lowest BCUT2D eigenvalue weighted by molar-refractivity contribution is -0.139. The first kappa shape index (κ1) is 25.5. The van der Waals surface area contributed by atoms with Crippen molar-refractivity contribution in [3.05, 3.63) is 64.7 Å². The average molecular weight is 498 g/mol. The molecule has 1 N–H and O–H groups in total. The molecule has 1 spiro atoms. The Morgan fingerprint density at radius 1 is 1.11 bits per heavy atom. The third kappa shape index (κ3) is 5.65. The van der Waals surface area contributed by atoms with Crippen molar-refractivity contribution in [2.24, 2.45) is 11.3 Å². The second kappa shape index (κ2) is 10.6. The van der Waals surface area contributed by atoms with E-state index in [1.54, 1.807) is 38.2 Å². The van der Waals surface area contributed by atoms with E-state index in [4.69, 9.17) is 11.6 Å². The number of anilines is 1. The van der Waals surface area contributed by atoms with Crippen molar-refractivity contribution in [3.63, 3.8) is 0 Å². The number of halogens is 1. The van der Waals surface area contributed by atoms with Gasteiger partial charge < -0.3 is 19.8 Å². The Hall–Kier alpha value is -2.57. The van der Waals surface area contributed by atoms with E-state index in [1.807, 2.05) is 36.4 Å². The Labute approximate surface area is 213 Å². The maximum atomic E-state index is 12.6. The molecule has 4 rings (SSSR count). The molecule has 6 nitrogen and oxygen atoms in total. The van der Waals surface area contributed by atoms with Gasteiger partial charge in [-0.15, -0.1) is 0 Å². The number of amides is 2. The van der Waals surface area contributed by atoms with E-state index in [0.717, 1.165) is 50.4 Å². The third-order valence-corrected chi connectivity index (χ3v) is 8.16. The van der Waals surface area contributed by atoms with Crippen molar-refractivity contribution in [1.82, 2.24) is 9.80 Å². The number of nitrogens with zero attached hydrogens (tertiary/aromatic N) is 3. The normalized spacial score (nSPS) is 19.3. The van der Waals surface area contributed by atoms with Gasteiger partial charge in [-0.05, 0) is 67.2 Å². The minimum absolute atomic E-state index is 0.0816. The zero-order valence-electron chi connectivity index (χ0n) is 20.9. The number of hydrogen-bond donors (Lipinski definition) is 1. The minimum atomic E-state index is -1.10. The zero-order valence-corrected chi connectivity index (χ0v) is 21.7. The quantitative estimate of drug-likeness (QED) is 0.578. The van der Waals surface area contributed by atoms with Gasteiger partial charge >= 0.3 is 0 Å². The molecule has 1 heterocycles. The van der Waals surface area contributed by atoms with Crippen LogP contribution < -0.4 is 4.90 Å². The van der Waals surface area contributed by atoms with Crippen molar-refractivity contribution >= 4 is 29.1 Å². The number of benzene rings is 2. The van der Waals surface area contributed by atoms with Gasteiger partial charge in [0, 0.05) is 46.5 Å². The van der Waals surface area contributed by atoms with Crippen molar-refractivity contribution in [2.45, 2.75) is 38.2 Å². The number of carbonyl (C=O) groups is 2. The van der Waals surface area contributed by atoms with Crippen LogP contribution in [-0.2, 0) is 4.79 Å². The fourth-order valence-corrected chi connectivity index (χ4v) is 5.71. The Bertz CT molecular complexity index is 1050. The van der Waals surface area contributed by atoms with E-state index in [-0.39, 0.29) is 11.8 Å². The molecule has 7 heteroatoms. The fourth-order valence-electron chi connectivity index (χ4n) is 5.45. The molecule has 1 aliphatic carbocycles. The Kier molecular flexibility index (Phi) is 7.72. The van der Waals surface area contributed by atoms with Crippen molar-refractivity contribution < 1.29 is 14.7 Å². The van der Waals surface area contributed by atoms with Crippen molar-refractivity contribution in [1.29, 1.82) is 0 Å². The van der Waals surface area contributed by atoms with Gasteiger partial charge in [0.15, 0.2) is 6.10 Å². The highest BCUT2D eigenvalue weighted by atomic mass is 35.5. The Balaban J connectivity index is 1.22. The van der Waals surface area contributed by atoms with E-state index in [0.29, 0.717) is 28.1 Å². The molecule has 188 valence electrons. The molecular weight excluding hydrogens is 462 g/mol. The number of piperidine rings is 1. The van der Waals surface area contributed by atoms with Gasteiger partial charge in [-0.2, -0.15) is 0 Å². The maximum absolute atomic E-state index is 12.6. The number of carbonyl (C=O) groups excluding carboxylic acids is 2. The summed E-state index contributed by atoms with van der Waals surface area (Å²) < 4.78 is 0. The van der Waals surface area contributed by atoms with E-state index in [9.17, 15) is 14.7 Å². The lowest BCUT2D eigenvalue weighted by Gasteiger charge is -2.35. The van der Waals surface area contributed by atoms with E-state index >= 15 is 0 Å². The summed E-state index contributed by atoms with van der Waals surface area (Å²) in [6.45, 7) is 2.66. The Morgan fingerprint density at radius 3 is 2.43 bits per heavy atom. The smallest absolute Gasteiger partial charge is 0.255 e. The highest BCUT2D eigenvalue weighted by molar-refractivity contribution is 6.34. The molecule has 2 unspecified atom stereocenters. The van der Waals surface area contributed by atoms with Crippen LogP contribution in [0.25, 0.3) is 0 Å². The summed E-state index contributed by atoms with van der Waals surface area (Å²) in [7, 11) is 5.23. The lowest BCUT2D eigenvalue weighted by Crippen LogP contribution is -2.35. The highest BCUT2D eigenvalue weighted by Crippen LogP contribution is 2.61. The van der Waals surface area contributed by atoms with Crippen molar-refractivity contribution in [3.8, 4) is 0 Å². The molecule has 2 atom stereocenters. The zero-order chi connectivity index (χ0) is 25.2. The number of likely N-dealkylation sites (N-methyl/N-ethyl adjacent to an activating group) is 1. The molecule has 1 saturated carbocycles.